The molecule has 3 heteroatoms. The summed E-state index contributed by atoms with van der Waals surface area (Å²) in [6, 6.07) is 17.1. The molecule has 1 aliphatic rings. The molecule has 104 valence electrons. The summed E-state index contributed by atoms with van der Waals surface area (Å²) in [5.74, 6) is 0.549. The van der Waals surface area contributed by atoms with E-state index in [1.165, 1.54) is 21.7 Å². The molecule has 2 aromatic carbocycles. The van der Waals surface area contributed by atoms with Gasteiger partial charge in [0.2, 0.25) is 0 Å². The highest BCUT2D eigenvalue weighted by Gasteiger charge is 2.24. The first kappa shape index (κ1) is 13.2. The lowest BCUT2D eigenvalue weighted by Crippen LogP contribution is -1.97. The molecule has 0 bridgehead atoms. The first-order valence-electron chi connectivity index (χ1n) is 7.08. The molecule has 0 saturated carbocycles. The SMILES string of the molecule is Brc1cccc(-c2csc(C3Cc4ccccc4C3)n2)c1. The molecule has 1 aliphatic carbocycles. The van der Waals surface area contributed by atoms with Crippen LogP contribution in [0.1, 0.15) is 22.1 Å². The van der Waals surface area contributed by atoms with Crippen LogP contribution in [0.5, 0.6) is 0 Å². The maximum atomic E-state index is 4.88. The van der Waals surface area contributed by atoms with Gasteiger partial charge < -0.3 is 0 Å². The molecule has 0 N–H and O–H groups in total. The molecule has 4 rings (SSSR count). The molecule has 0 radical (unpaired) electrons. The number of hydrogen-bond acceptors (Lipinski definition) is 2. The van der Waals surface area contributed by atoms with E-state index in [2.05, 4.69) is 63.8 Å². The van der Waals surface area contributed by atoms with Gasteiger partial charge in [0.1, 0.15) is 0 Å². The molecule has 0 fully saturated rings. The third-order valence-corrected chi connectivity index (χ3v) is 5.54. The monoisotopic (exact) mass is 355 g/mol. The van der Waals surface area contributed by atoms with Gasteiger partial charge in [-0.15, -0.1) is 11.3 Å². The van der Waals surface area contributed by atoms with Crippen molar-refractivity contribution in [1.82, 2.24) is 4.98 Å². The Bertz CT molecular complexity index is 768. The highest BCUT2D eigenvalue weighted by molar-refractivity contribution is 9.10. The lowest BCUT2D eigenvalue weighted by atomic mass is 10.1. The molecule has 0 atom stereocenters. The van der Waals surface area contributed by atoms with Crippen LogP contribution < -0.4 is 0 Å². The van der Waals surface area contributed by atoms with Gasteiger partial charge >= 0.3 is 0 Å². The molecule has 1 nitrogen and oxygen atoms in total. The van der Waals surface area contributed by atoms with E-state index in [0.29, 0.717) is 5.92 Å². The van der Waals surface area contributed by atoms with Gasteiger partial charge in [-0.05, 0) is 36.1 Å². The second-order valence-corrected chi connectivity index (χ2v) is 7.26. The summed E-state index contributed by atoms with van der Waals surface area (Å²) >= 11 is 5.32. The molecular weight excluding hydrogens is 342 g/mol. The van der Waals surface area contributed by atoms with Crippen molar-refractivity contribution < 1.29 is 0 Å². The average Bonchev–Trinajstić information content (AvgIpc) is 3.14. The third kappa shape index (κ3) is 2.56. The fraction of sp³-hybridized carbons (Fsp3) is 0.167. The van der Waals surface area contributed by atoms with Gasteiger partial charge in [-0.3, -0.25) is 0 Å². The number of aromatic nitrogens is 1. The number of nitrogens with zero attached hydrogens (tertiary/aromatic N) is 1. The number of rotatable bonds is 2. The van der Waals surface area contributed by atoms with E-state index < -0.39 is 0 Å². The van der Waals surface area contributed by atoms with E-state index in [0.717, 1.165) is 23.0 Å². The van der Waals surface area contributed by atoms with Gasteiger partial charge in [0.05, 0.1) is 10.7 Å². The highest BCUT2D eigenvalue weighted by Crippen LogP contribution is 2.36. The van der Waals surface area contributed by atoms with Crippen LogP contribution in [0.2, 0.25) is 0 Å². The lowest BCUT2D eigenvalue weighted by Gasteiger charge is -2.03. The zero-order valence-corrected chi connectivity index (χ0v) is 13.8. The minimum Gasteiger partial charge on any atom is -0.241 e. The van der Waals surface area contributed by atoms with Gasteiger partial charge in [-0.1, -0.05) is 52.3 Å². The standard InChI is InChI=1S/C18H14BrNS/c19-16-7-3-6-14(10-16)17-11-21-18(20-17)15-8-12-4-1-2-5-13(12)9-15/h1-7,10-11,15H,8-9H2. The molecule has 3 aromatic rings. The molecule has 0 unspecified atom stereocenters. The summed E-state index contributed by atoms with van der Waals surface area (Å²) in [5, 5.41) is 3.45. The number of thiazole rings is 1. The van der Waals surface area contributed by atoms with E-state index >= 15 is 0 Å². The van der Waals surface area contributed by atoms with Crippen molar-refractivity contribution in [2.24, 2.45) is 0 Å². The Balaban J connectivity index is 1.62. The number of benzene rings is 2. The van der Waals surface area contributed by atoms with E-state index in [-0.39, 0.29) is 0 Å². The Morgan fingerprint density at radius 2 is 1.76 bits per heavy atom. The molecule has 0 spiro atoms. The van der Waals surface area contributed by atoms with Crippen molar-refractivity contribution in [3.05, 3.63) is 74.5 Å². The van der Waals surface area contributed by atoms with Crippen LogP contribution in [0.4, 0.5) is 0 Å². The smallest absolute Gasteiger partial charge is 0.0970 e. The average molecular weight is 356 g/mol. The first-order chi connectivity index (χ1) is 10.3. The van der Waals surface area contributed by atoms with Gasteiger partial charge in [-0.25, -0.2) is 4.98 Å². The normalized spacial score (nSPS) is 14.3. The van der Waals surface area contributed by atoms with Crippen molar-refractivity contribution in [3.8, 4) is 11.3 Å². The number of halogens is 1. The second-order valence-electron chi connectivity index (χ2n) is 5.46. The van der Waals surface area contributed by atoms with Crippen LogP contribution in [0.15, 0.2) is 58.4 Å². The van der Waals surface area contributed by atoms with E-state index in [4.69, 9.17) is 4.98 Å². The summed E-state index contributed by atoms with van der Waals surface area (Å²) in [4.78, 5) is 4.88. The Hall–Kier alpha value is -1.45. The molecule has 21 heavy (non-hydrogen) atoms. The Morgan fingerprint density at radius 3 is 2.48 bits per heavy atom. The Kier molecular flexibility index (Phi) is 3.40. The number of hydrogen-bond donors (Lipinski definition) is 0. The minimum atomic E-state index is 0.549. The largest absolute Gasteiger partial charge is 0.241 e. The zero-order valence-electron chi connectivity index (χ0n) is 11.4. The second kappa shape index (κ2) is 5.39. The molecular formula is C18H14BrNS. The topological polar surface area (TPSA) is 12.9 Å². The summed E-state index contributed by atoms with van der Waals surface area (Å²) in [6.07, 6.45) is 2.25. The highest BCUT2D eigenvalue weighted by atomic mass is 79.9. The minimum absolute atomic E-state index is 0.549. The summed E-state index contributed by atoms with van der Waals surface area (Å²) in [5.41, 5.74) is 5.25. The van der Waals surface area contributed by atoms with Crippen molar-refractivity contribution in [2.45, 2.75) is 18.8 Å². The van der Waals surface area contributed by atoms with Crippen LogP contribution in [0, 0.1) is 0 Å². The third-order valence-electron chi connectivity index (χ3n) is 4.04. The molecule has 0 amide bonds. The molecule has 1 aromatic heterocycles. The summed E-state index contributed by atoms with van der Waals surface area (Å²) in [7, 11) is 0. The van der Waals surface area contributed by atoms with Crippen molar-refractivity contribution >= 4 is 27.3 Å². The maximum Gasteiger partial charge on any atom is 0.0970 e. The summed E-state index contributed by atoms with van der Waals surface area (Å²) < 4.78 is 1.10. The van der Waals surface area contributed by atoms with Crippen molar-refractivity contribution in [2.75, 3.05) is 0 Å². The predicted molar refractivity (Wildman–Crippen MR) is 91.8 cm³/mol. The van der Waals surface area contributed by atoms with Gasteiger partial charge in [0.15, 0.2) is 0 Å². The van der Waals surface area contributed by atoms with Crippen LogP contribution >= 0.6 is 27.3 Å². The van der Waals surface area contributed by atoms with Gasteiger partial charge in [0.25, 0.3) is 0 Å². The van der Waals surface area contributed by atoms with Gasteiger partial charge in [-0.2, -0.15) is 0 Å². The van der Waals surface area contributed by atoms with Crippen LogP contribution in [0.3, 0.4) is 0 Å². The fourth-order valence-electron chi connectivity index (χ4n) is 2.99. The zero-order chi connectivity index (χ0) is 14.2. The molecule has 0 aliphatic heterocycles. The fourth-order valence-corrected chi connectivity index (χ4v) is 4.32. The van der Waals surface area contributed by atoms with Crippen LogP contribution in [-0.2, 0) is 12.8 Å². The van der Waals surface area contributed by atoms with Crippen LogP contribution in [0.25, 0.3) is 11.3 Å². The Labute approximate surface area is 136 Å². The van der Waals surface area contributed by atoms with E-state index in [1.54, 1.807) is 11.3 Å². The van der Waals surface area contributed by atoms with Gasteiger partial charge in [0, 0.05) is 21.3 Å². The first-order valence-corrected chi connectivity index (χ1v) is 8.75. The lowest BCUT2D eigenvalue weighted by molar-refractivity contribution is 0.735. The van der Waals surface area contributed by atoms with Crippen molar-refractivity contribution in [1.29, 1.82) is 0 Å². The maximum absolute atomic E-state index is 4.88. The molecule has 0 saturated heterocycles. The number of fused-ring (bicyclic) bond motifs is 1. The quantitative estimate of drug-likeness (QED) is 0.595. The predicted octanol–water partition coefficient (Wildman–Crippen LogP) is 5.46. The van der Waals surface area contributed by atoms with Crippen LogP contribution in [-0.4, -0.2) is 4.98 Å². The Morgan fingerprint density at radius 1 is 1.00 bits per heavy atom. The molecule has 1 heterocycles. The van der Waals surface area contributed by atoms with Crippen molar-refractivity contribution in [3.63, 3.8) is 0 Å². The van der Waals surface area contributed by atoms with E-state index in [1.807, 2.05) is 6.07 Å². The van der Waals surface area contributed by atoms with E-state index in [9.17, 15) is 0 Å². The summed E-state index contributed by atoms with van der Waals surface area (Å²) in [6.45, 7) is 0.